The Bertz CT molecular complexity index is 794. The van der Waals surface area contributed by atoms with Crippen molar-refractivity contribution >= 4 is 17.9 Å². The van der Waals surface area contributed by atoms with Crippen LogP contribution in [-0.2, 0) is 19.9 Å². The van der Waals surface area contributed by atoms with E-state index in [0.717, 1.165) is 5.56 Å². The maximum absolute atomic E-state index is 11.5. The normalized spacial score (nSPS) is 12.6. The minimum absolute atomic E-state index is 0.0663. The second kappa shape index (κ2) is 4.30. The van der Waals surface area contributed by atoms with E-state index in [0.29, 0.717) is 29.8 Å². The number of aryl methyl sites for hydroxylation is 1. The van der Waals surface area contributed by atoms with Crippen LogP contribution in [0.5, 0.6) is 0 Å². The molecule has 0 saturated carbocycles. The number of nitrogen functional groups attached to an aromatic ring is 1. The maximum Gasteiger partial charge on any atom is 0.353 e. The molecule has 0 amide bonds. The van der Waals surface area contributed by atoms with Crippen molar-refractivity contribution in [1.82, 2.24) is 14.5 Å². The Morgan fingerprint density at radius 1 is 1.29 bits per heavy atom. The zero-order valence-corrected chi connectivity index (χ0v) is 11.1. The molecule has 8 heteroatoms. The molecule has 0 unspecified atom stereocenters. The molecule has 108 valence electrons. The molecule has 2 heterocycles. The molecular formula is C13H12N4O4. The fourth-order valence-corrected chi connectivity index (χ4v) is 2.84. The van der Waals surface area contributed by atoms with Gasteiger partial charge in [-0.05, 0) is 24.0 Å². The third kappa shape index (κ3) is 1.76. The highest BCUT2D eigenvalue weighted by atomic mass is 16.4. The van der Waals surface area contributed by atoms with E-state index >= 15 is 0 Å². The summed E-state index contributed by atoms with van der Waals surface area (Å²) in [6.45, 7) is 0. The van der Waals surface area contributed by atoms with Crippen molar-refractivity contribution in [1.29, 1.82) is 0 Å². The van der Waals surface area contributed by atoms with Gasteiger partial charge in [-0.2, -0.15) is 0 Å². The number of rotatable bonds is 2. The van der Waals surface area contributed by atoms with Gasteiger partial charge in [-0.1, -0.05) is 0 Å². The summed E-state index contributed by atoms with van der Waals surface area (Å²) in [5.41, 5.74) is 7.45. The Hall–Kier alpha value is -2.90. The molecule has 0 fully saturated rings. The van der Waals surface area contributed by atoms with E-state index < -0.39 is 11.9 Å². The first-order valence-electron chi connectivity index (χ1n) is 6.21. The number of nitrogens with two attached hydrogens (primary N) is 1. The number of nitrogens with zero attached hydrogens (tertiary/aromatic N) is 3. The summed E-state index contributed by atoms with van der Waals surface area (Å²) >= 11 is 0. The number of hydrogen-bond acceptors (Lipinski definition) is 5. The van der Waals surface area contributed by atoms with Crippen molar-refractivity contribution < 1.29 is 19.8 Å². The second-order valence-corrected chi connectivity index (χ2v) is 4.82. The lowest BCUT2D eigenvalue weighted by molar-refractivity contribution is 0.0644. The predicted molar refractivity (Wildman–Crippen MR) is 72.2 cm³/mol. The van der Waals surface area contributed by atoms with E-state index in [4.69, 9.17) is 5.73 Å². The van der Waals surface area contributed by atoms with Crippen molar-refractivity contribution in [2.45, 2.75) is 12.8 Å². The third-order valence-electron chi connectivity index (χ3n) is 3.66. The maximum atomic E-state index is 11.5. The lowest BCUT2D eigenvalue weighted by Crippen LogP contribution is -2.11. The summed E-state index contributed by atoms with van der Waals surface area (Å²) in [5, 5.41) is 18.7. The standard InChI is InChI=1S/C13H12N4O4/c1-17-9-6(7(11(18)19)10(17)12(20)21)3-2-5-4-15-13(14)16-8(5)9/h4H,2-3H2,1H3,(H,18,19)(H,20,21)(H2,14,15,16). The number of carboxylic acids is 2. The summed E-state index contributed by atoms with van der Waals surface area (Å²) < 4.78 is 1.35. The Morgan fingerprint density at radius 3 is 2.62 bits per heavy atom. The molecule has 0 spiro atoms. The first-order chi connectivity index (χ1) is 9.91. The zero-order chi connectivity index (χ0) is 15.3. The average molecular weight is 288 g/mol. The number of hydrogen-bond donors (Lipinski definition) is 3. The topological polar surface area (TPSA) is 131 Å². The molecule has 0 bridgehead atoms. The number of carboxylic acid groups (broad SMARTS) is 2. The van der Waals surface area contributed by atoms with Crippen LogP contribution in [0.1, 0.15) is 32.0 Å². The van der Waals surface area contributed by atoms with Crippen LogP contribution in [0.4, 0.5) is 5.95 Å². The first kappa shape index (κ1) is 13.1. The van der Waals surface area contributed by atoms with E-state index in [9.17, 15) is 19.8 Å². The van der Waals surface area contributed by atoms with E-state index in [-0.39, 0.29) is 17.2 Å². The number of fused-ring (bicyclic) bond motifs is 3. The molecule has 3 rings (SSSR count). The smallest absolute Gasteiger partial charge is 0.353 e. The summed E-state index contributed by atoms with van der Waals surface area (Å²) in [4.78, 5) is 30.9. The SMILES string of the molecule is Cn1c(C(=O)O)c(C(=O)O)c2c1-c1nc(N)ncc1CC2. The fraction of sp³-hybridized carbons (Fsp3) is 0.231. The van der Waals surface area contributed by atoms with Gasteiger partial charge in [0.25, 0.3) is 0 Å². The lowest BCUT2D eigenvalue weighted by atomic mass is 9.92. The van der Waals surface area contributed by atoms with Crippen LogP contribution in [0.2, 0.25) is 0 Å². The van der Waals surface area contributed by atoms with Crippen molar-refractivity contribution in [3.05, 3.63) is 28.6 Å². The highest BCUT2D eigenvalue weighted by molar-refractivity contribution is 6.04. The molecular weight excluding hydrogens is 276 g/mol. The van der Waals surface area contributed by atoms with Crippen LogP contribution >= 0.6 is 0 Å². The van der Waals surface area contributed by atoms with Crippen molar-refractivity contribution in [3.63, 3.8) is 0 Å². The molecule has 0 aromatic carbocycles. The highest BCUT2D eigenvalue weighted by Crippen LogP contribution is 2.37. The van der Waals surface area contributed by atoms with Gasteiger partial charge in [0.15, 0.2) is 0 Å². The van der Waals surface area contributed by atoms with Gasteiger partial charge in [0, 0.05) is 13.2 Å². The Balaban J connectivity index is 2.40. The van der Waals surface area contributed by atoms with Gasteiger partial charge in [0.2, 0.25) is 5.95 Å². The summed E-state index contributed by atoms with van der Waals surface area (Å²) in [6.07, 6.45) is 2.57. The van der Waals surface area contributed by atoms with Crippen LogP contribution in [0.25, 0.3) is 11.4 Å². The summed E-state index contributed by atoms with van der Waals surface area (Å²) in [5.74, 6) is -2.47. The summed E-state index contributed by atoms with van der Waals surface area (Å²) in [7, 11) is 1.52. The molecule has 4 N–H and O–H groups in total. The second-order valence-electron chi connectivity index (χ2n) is 4.82. The third-order valence-corrected chi connectivity index (χ3v) is 3.66. The van der Waals surface area contributed by atoms with Crippen LogP contribution in [0, 0.1) is 0 Å². The largest absolute Gasteiger partial charge is 0.478 e. The van der Waals surface area contributed by atoms with Crippen LogP contribution in [-0.4, -0.2) is 36.7 Å². The van der Waals surface area contributed by atoms with E-state index in [2.05, 4.69) is 9.97 Å². The quantitative estimate of drug-likeness (QED) is 0.735. The fourth-order valence-electron chi connectivity index (χ4n) is 2.84. The van der Waals surface area contributed by atoms with Gasteiger partial charge in [-0.3, -0.25) is 0 Å². The van der Waals surface area contributed by atoms with E-state index in [1.165, 1.54) is 11.6 Å². The molecule has 1 aliphatic rings. The Labute approximate surface area is 118 Å². The number of anilines is 1. The molecule has 2 aromatic heterocycles. The molecule has 1 aliphatic carbocycles. The average Bonchev–Trinajstić information content (AvgIpc) is 2.72. The minimum atomic E-state index is -1.28. The highest BCUT2D eigenvalue weighted by Gasteiger charge is 2.33. The van der Waals surface area contributed by atoms with Gasteiger partial charge in [-0.25, -0.2) is 19.6 Å². The Kier molecular flexibility index (Phi) is 2.68. The molecule has 8 nitrogen and oxygen atoms in total. The predicted octanol–water partition coefficient (Wildman–Crippen LogP) is 0.559. The van der Waals surface area contributed by atoms with E-state index in [1.54, 1.807) is 6.20 Å². The van der Waals surface area contributed by atoms with Gasteiger partial charge in [0.05, 0.1) is 17.0 Å². The lowest BCUT2D eigenvalue weighted by Gasteiger charge is -2.17. The van der Waals surface area contributed by atoms with Gasteiger partial charge in [-0.15, -0.1) is 0 Å². The minimum Gasteiger partial charge on any atom is -0.478 e. The number of carbonyl (C=O) groups is 2. The molecule has 0 radical (unpaired) electrons. The van der Waals surface area contributed by atoms with Gasteiger partial charge < -0.3 is 20.5 Å². The molecule has 0 aliphatic heterocycles. The van der Waals surface area contributed by atoms with E-state index in [1.807, 2.05) is 0 Å². The zero-order valence-electron chi connectivity index (χ0n) is 11.1. The molecule has 0 atom stereocenters. The first-order valence-corrected chi connectivity index (χ1v) is 6.21. The number of aromatic nitrogens is 3. The van der Waals surface area contributed by atoms with Gasteiger partial charge in [0.1, 0.15) is 5.69 Å². The monoisotopic (exact) mass is 288 g/mol. The van der Waals surface area contributed by atoms with Crippen LogP contribution < -0.4 is 5.73 Å². The van der Waals surface area contributed by atoms with Crippen LogP contribution in [0.15, 0.2) is 6.20 Å². The Morgan fingerprint density at radius 2 is 2.00 bits per heavy atom. The van der Waals surface area contributed by atoms with Gasteiger partial charge >= 0.3 is 11.9 Å². The van der Waals surface area contributed by atoms with Crippen LogP contribution in [0.3, 0.4) is 0 Å². The summed E-state index contributed by atoms with van der Waals surface area (Å²) in [6, 6.07) is 0. The molecule has 2 aromatic rings. The molecule has 21 heavy (non-hydrogen) atoms. The van der Waals surface area contributed by atoms with Crippen molar-refractivity contribution in [2.75, 3.05) is 5.73 Å². The molecule has 0 saturated heterocycles. The van der Waals surface area contributed by atoms with Crippen molar-refractivity contribution in [3.8, 4) is 11.4 Å². The number of aromatic carboxylic acids is 2. The van der Waals surface area contributed by atoms with Crippen molar-refractivity contribution in [2.24, 2.45) is 7.05 Å².